The molecule has 10 heavy (non-hydrogen) atoms. The fourth-order valence-corrected chi connectivity index (χ4v) is 0.777. The number of ether oxygens (including phenoxy) is 1. The van der Waals surface area contributed by atoms with Gasteiger partial charge in [0.2, 0.25) is 0 Å². The second-order valence-corrected chi connectivity index (χ2v) is 2.09. The predicted molar refractivity (Wildman–Crippen MR) is 29.0 cm³/mol. The van der Waals surface area contributed by atoms with E-state index in [9.17, 15) is 4.79 Å². The molecule has 0 aromatic heterocycles. The SMILES string of the molecule is O=C1O[C@@H](CO)[C@@H](O)[C@@H]1O. The molecule has 0 aromatic carbocycles. The first-order valence-corrected chi connectivity index (χ1v) is 2.84. The summed E-state index contributed by atoms with van der Waals surface area (Å²) < 4.78 is 4.35. The lowest BCUT2D eigenvalue weighted by atomic mass is 10.1. The second kappa shape index (κ2) is 2.53. The molecule has 1 aliphatic rings. The van der Waals surface area contributed by atoms with Gasteiger partial charge in [-0.3, -0.25) is 0 Å². The summed E-state index contributed by atoms with van der Waals surface area (Å²) in [5.74, 6) is -0.883. The third-order valence-corrected chi connectivity index (χ3v) is 1.39. The van der Waals surface area contributed by atoms with Crippen molar-refractivity contribution in [1.82, 2.24) is 0 Å². The highest BCUT2D eigenvalue weighted by Crippen LogP contribution is 2.14. The van der Waals surface area contributed by atoms with E-state index < -0.39 is 30.9 Å². The van der Waals surface area contributed by atoms with Crippen molar-refractivity contribution in [2.45, 2.75) is 18.3 Å². The van der Waals surface area contributed by atoms with Crippen LogP contribution in [0.4, 0.5) is 0 Å². The number of carbonyl (C=O) groups is 1. The summed E-state index contributed by atoms with van der Waals surface area (Å²) in [5.41, 5.74) is 0. The van der Waals surface area contributed by atoms with Gasteiger partial charge in [0.25, 0.3) is 0 Å². The van der Waals surface area contributed by atoms with Crippen LogP contribution in [0, 0.1) is 0 Å². The Kier molecular flexibility index (Phi) is 1.89. The van der Waals surface area contributed by atoms with Crippen LogP contribution in [0.15, 0.2) is 0 Å². The van der Waals surface area contributed by atoms with Crippen molar-refractivity contribution >= 4 is 5.97 Å². The van der Waals surface area contributed by atoms with Crippen LogP contribution in [0.1, 0.15) is 0 Å². The largest absolute Gasteiger partial charge is 0.455 e. The van der Waals surface area contributed by atoms with Crippen molar-refractivity contribution in [3.8, 4) is 0 Å². The first-order chi connectivity index (χ1) is 4.66. The van der Waals surface area contributed by atoms with Crippen LogP contribution < -0.4 is 0 Å². The van der Waals surface area contributed by atoms with Crippen molar-refractivity contribution in [2.75, 3.05) is 6.61 Å². The van der Waals surface area contributed by atoms with E-state index in [1.807, 2.05) is 0 Å². The first kappa shape index (κ1) is 7.46. The molecular formula is C5H8O5. The summed E-state index contributed by atoms with van der Waals surface area (Å²) in [6.45, 7) is -0.468. The highest BCUT2D eigenvalue weighted by Gasteiger charge is 2.41. The molecule has 0 aliphatic carbocycles. The molecule has 0 radical (unpaired) electrons. The average molecular weight is 148 g/mol. The van der Waals surface area contributed by atoms with Crippen LogP contribution in [0.5, 0.6) is 0 Å². The highest BCUT2D eigenvalue weighted by molar-refractivity contribution is 5.77. The molecule has 58 valence electrons. The lowest BCUT2D eigenvalue weighted by molar-refractivity contribution is -0.148. The van der Waals surface area contributed by atoms with Gasteiger partial charge >= 0.3 is 5.97 Å². The monoisotopic (exact) mass is 148 g/mol. The molecule has 0 amide bonds. The number of rotatable bonds is 1. The fraction of sp³-hybridized carbons (Fsp3) is 0.800. The molecule has 5 heteroatoms. The van der Waals surface area contributed by atoms with Gasteiger partial charge in [-0.25, -0.2) is 4.79 Å². The summed E-state index contributed by atoms with van der Waals surface area (Å²) in [5, 5.41) is 26.0. The van der Waals surface area contributed by atoms with Crippen LogP contribution in [-0.2, 0) is 9.53 Å². The van der Waals surface area contributed by atoms with E-state index >= 15 is 0 Å². The summed E-state index contributed by atoms with van der Waals surface area (Å²) in [4.78, 5) is 10.4. The number of carbonyl (C=O) groups excluding carboxylic acids is 1. The molecule has 0 spiro atoms. The van der Waals surface area contributed by atoms with Crippen LogP contribution >= 0.6 is 0 Å². The van der Waals surface area contributed by atoms with Gasteiger partial charge in [-0.1, -0.05) is 0 Å². The molecule has 1 heterocycles. The van der Waals surface area contributed by atoms with Crippen molar-refractivity contribution in [3.05, 3.63) is 0 Å². The van der Waals surface area contributed by atoms with Gasteiger partial charge in [-0.2, -0.15) is 0 Å². The maximum atomic E-state index is 10.4. The van der Waals surface area contributed by atoms with E-state index in [4.69, 9.17) is 15.3 Å². The van der Waals surface area contributed by atoms with Crippen molar-refractivity contribution < 1.29 is 24.9 Å². The maximum Gasteiger partial charge on any atom is 0.338 e. The van der Waals surface area contributed by atoms with Gasteiger partial charge < -0.3 is 20.1 Å². The third kappa shape index (κ3) is 0.985. The Morgan fingerprint density at radius 3 is 2.30 bits per heavy atom. The zero-order valence-electron chi connectivity index (χ0n) is 5.10. The van der Waals surface area contributed by atoms with Gasteiger partial charge in [0.15, 0.2) is 12.2 Å². The minimum atomic E-state index is -1.50. The van der Waals surface area contributed by atoms with E-state index in [-0.39, 0.29) is 0 Å². The quantitative estimate of drug-likeness (QED) is 0.362. The number of hydrogen-bond acceptors (Lipinski definition) is 5. The van der Waals surface area contributed by atoms with Gasteiger partial charge in [0.1, 0.15) is 6.10 Å². The van der Waals surface area contributed by atoms with Crippen molar-refractivity contribution in [3.63, 3.8) is 0 Å². The highest BCUT2D eigenvalue weighted by atomic mass is 16.6. The third-order valence-electron chi connectivity index (χ3n) is 1.39. The molecule has 5 nitrogen and oxygen atoms in total. The number of hydrogen-bond donors (Lipinski definition) is 3. The molecule has 3 atom stereocenters. The Hall–Kier alpha value is -0.650. The Balaban J connectivity index is 2.61. The Morgan fingerprint density at radius 1 is 1.50 bits per heavy atom. The molecular weight excluding hydrogens is 140 g/mol. The zero-order valence-corrected chi connectivity index (χ0v) is 5.10. The smallest absolute Gasteiger partial charge is 0.338 e. The summed E-state index contributed by atoms with van der Waals surface area (Å²) >= 11 is 0. The number of aliphatic hydroxyl groups excluding tert-OH is 3. The van der Waals surface area contributed by atoms with E-state index in [1.54, 1.807) is 0 Å². The molecule has 3 N–H and O–H groups in total. The lowest BCUT2D eigenvalue weighted by Gasteiger charge is -2.08. The van der Waals surface area contributed by atoms with Crippen LogP contribution in [0.25, 0.3) is 0 Å². The average Bonchev–Trinajstić information content (AvgIpc) is 2.17. The second-order valence-electron chi connectivity index (χ2n) is 2.09. The molecule has 1 saturated heterocycles. The molecule has 1 rings (SSSR count). The van der Waals surface area contributed by atoms with Crippen LogP contribution in [0.2, 0.25) is 0 Å². The van der Waals surface area contributed by atoms with E-state index in [0.717, 1.165) is 0 Å². The number of cyclic esters (lactones) is 1. The van der Waals surface area contributed by atoms with E-state index in [0.29, 0.717) is 0 Å². The molecule has 0 unspecified atom stereocenters. The topological polar surface area (TPSA) is 87.0 Å². The molecule has 0 aromatic rings. The lowest BCUT2D eigenvalue weighted by Crippen LogP contribution is -2.32. The summed E-state index contributed by atoms with van der Waals surface area (Å²) in [6.07, 6.45) is -3.77. The minimum absolute atomic E-state index is 0.468. The number of aliphatic hydroxyl groups is 3. The minimum Gasteiger partial charge on any atom is -0.455 e. The summed E-state index contributed by atoms with van der Waals surface area (Å²) in [6, 6.07) is 0. The Bertz CT molecular complexity index is 145. The van der Waals surface area contributed by atoms with Gasteiger partial charge in [-0.15, -0.1) is 0 Å². The van der Waals surface area contributed by atoms with E-state index in [1.165, 1.54) is 0 Å². The normalized spacial score (nSPS) is 39.9. The first-order valence-electron chi connectivity index (χ1n) is 2.84. The van der Waals surface area contributed by atoms with Crippen LogP contribution in [0.3, 0.4) is 0 Å². The van der Waals surface area contributed by atoms with E-state index in [2.05, 4.69) is 4.74 Å². The maximum absolute atomic E-state index is 10.4. The van der Waals surface area contributed by atoms with Crippen molar-refractivity contribution in [1.29, 1.82) is 0 Å². The zero-order chi connectivity index (χ0) is 7.72. The van der Waals surface area contributed by atoms with Gasteiger partial charge in [0, 0.05) is 0 Å². The molecule has 1 fully saturated rings. The molecule has 0 bridgehead atoms. The summed E-state index contributed by atoms with van der Waals surface area (Å²) in [7, 11) is 0. The predicted octanol–water partition coefficient (Wildman–Crippen LogP) is -2.37. The standard InChI is InChI=1S/C5H8O5/c6-1-2-3(7)4(8)5(9)10-2/h2-4,6-8H,1H2/t2-,3+,4-/m0/s1. The molecule has 0 saturated carbocycles. The van der Waals surface area contributed by atoms with Gasteiger partial charge in [0.05, 0.1) is 6.61 Å². The number of esters is 1. The Labute approximate surface area is 56.9 Å². The van der Waals surface area contributed by atoms with Crippen molar-refractivity contribution in [2.24, 2.45) is 0 Å². The van der Waals surface area contributed by atoms with Crippen LogP contribution in [-0.4, -0.2) is 46.2 Å². The Morgan fingerprint density at radius 2 is 2.10 bits per heavy atom. The van der Waals surface area contributed by atoms with Gasteiger partial charge in [-0.05, 0) is 0 Å². The molecule has 1 aliphatic heterocycles. The fourth-order valence-electron chi connectivity index (χ4n) is 0.777.